The molecule has 0 atom stereocenters. The predicted octanol–water partition coefficient (Wildman–Crippen LogP) is 0.691. The Kier molecular flexibility index (Phi) is 52.6. The van der Waals surface area contributed by atoms with Crippen molar-refractivity contribution in [2.75, 3.05) is 7.05 Å². The van der Waals surface area contributed by atoms with Crippen LogP contribution in [0.25, 0.3) is 0 Å². The van der Waals surface area contributed by atoms with Gasteiger partial charge in [0.25, 0.3) is 0 Å². The van der Waals surface area contributed by atoms with Gasteiger partial charge in [-0.15, -0.1) is 0 Å². The Balaban J connectivity index is -0.0000000150. The number of hydrogen-bond donors (Lipinski definition) is 0. The van der Waals surface area contributed by atoms with Crippen molar-refractivity contribution in [1.82, 2.24) is 2.71 Å². The summed E-state index contributed by atoms with van der Waals surface area (Å²) in [6.45, 7) is 0. The molecule has 0 aromatic carbocycles. The van der Waals surface area contributed by atoms with Gasteiger partial charge in [-0.25, -0.2) is 0 Å². The van der Waals surface area contributed by atoms with E-state index < -0.39 is 0 Å². The van der Waals surface area contributed by atoms with Crippen LogP contribution >= 0.6 is 0 Å². The SMILES string of the molecule is [CH2-][N](C)[Pb].[CH3-].[CH3-].[W]. The molecule has 0 aliphatic carbocycles. The summed E-state index contributed by atoms with van der Waals surface area (Å²) in [6.07, 6.45) is 0. The zero-order valence-corrected chi connectivity index (χ0v) is 11.9. The molecule has 7 heavy (non-hydrogen) atoms. The second kappa shape index (κ2) is 15.6. The normalized spacial score (nSPS) is 5.14. The fourth-order valence-electron chi connectivity index (χ4n) is 0. The van der Waals surface area contributed by atoms with E-state index in [4.69, 9.17) is 0 Å². The Labute approximate surface area is 78.2 Å². The third-order valence-corrected chi connectivity index (χ3v) is 0. The topological polar surface area (TPSA) is 3.24 Å². The Morgan fingerprint density at radius 3 is 1.43 bits per heavy atom. The number of hydrogen-bond acceptors (Lipinski definition) is 1. The fourth-order valence-corrected chi connectivity index (χ4v) is 0. The second-order valence-corrected chi connectivity index (χ2v) is 3.67. The molecule has 0 bridgehead atoms. The molecule has 0 saturated heterocycles. The maximum absolute atomic E-state index is 3.53. The molecule has 0 rings (SSSR count). The van der Waals surface area contributed by atoms with Gasteiger partial charge in [-0.2, -0.15) is 0 Å². The molecule has 0 amide bonds. The van der Waals surface area contributed by atoms with Crippen LogP contribution in [0.1, 0.15) is 0 Å². The molecule has 3 heteroatoms. The van der Waals surface area contributed by atoms with Gasteiger partial charge in [-0.3, -0.25) is 0 Å². The maximum atomic E-state index is 3.53. The van der Waals surface area contributed by atoms with Crippen LogP contribution in [0.2, 0.25) is 0 Å². The molecule has 0 unspecified atom stereocenters. The van der Waals surface area contributed by atoms with E-state index >= 15 is 0 Å². The van der Waals surface area contributed by atoms with Crippen molar-refractivity contribution in [3.63, 3.8) is 0 Å². The molecular formula is C4H11NPbW-3. The van der Waals surface area contributed by atoms with E-state index in [1.807, 2.05) is 9.76 Å². The third kappa shape index (κ3) is 95.3. The Bertz CT molecular complexity index is 16.4. The van der Waals surface area contributed by atoms with Crippen molar-refractivity contribution in [1.29, 1.82) is 0 Å². The Morgan fingerprint density at radius 1 is 1.43 bits per heavy atom. The van der Waals surface area contributed by atoms with Crippen LogP contribution < -0.4 is 0 Å². The quantitative estimate of drug-likeness (QED) is 0.377. The summed E-state index contributed by atoms with van der Waals surface area (Å²) in [6, 6.07) is 0. The monoisotopic (exact) mass is 465 g/mol. The molecule has 45 valence electrons. The summed E-state index contributed by atoms with van der Waals surface area (Å²) in [7, 11) is 5.48. The summed E-state index contributed by atoms with van der Waals surface area (Å²) in [5.41, 5.74) is 0. The van der Waals surface area contributed by atoms with Gasteiger partial charge in [-0.05, 0) is 0 Å². The molecular weight excluding hydrogens is 453 g/mol. The first kappa shape index (κ1) is 23.5. The van der Waals surface area contributed by atoms with Crippen LogP contribution in [0.4, 0.5) is 0 Å². The van der Waals surface area contributed by atoms with Gasteiger partial charge >= 0.3 is 42.9 Å². The summed E-state index contributed by atoms with van der Waals surface area (Å²) in [5, 5.41) is 0. The molecule has 3 radical (unpaired) electrons. The van der Waals surface area contributed by atoms with Gasteiger partial charge in [0.05, 0.1) is 0 Å². The molecule has 0 heterocycles. The third-order valence-electron chi connectivity index (χ3n) is 0. The summed E-state index contributed by atoms with van der Waals surface area (Å²) < 4.78 is 1.89. The molecule has 1 nitrogen and oxygen atoms in total. The van der Waals surface area contributed by atoms with Crippen molar-refractivity contribution in [2.45, 2.75) is 0 Å². The fraction of sp³-hybridized carbons (Fsp3) is 0.250. The molecule has 0 aromatic heterocycles. The zero-order chi connectivity index (χ0) is 3.58. The van der Waals surface area contributed by atoms with Crippen LogP contribution in [0.5, 0.6) is 0 Å². The first-order valence-electron chi connectivity index (χ1n) is 0.987. The van der Waals surface area contributed by atoms with Crippen LogP contribution in [-0.4, -0.2) is 35.8 Å². The summed E-state index contributed by atoms with van der Waals surface area (Å²) in [4.78, 5) is 0. The first-order chi connectivity index (χ1) is 1.73. The van der Waals surface area contributed by atoms with E-state index in [0.29, 0.717) is 0 Å². The summed E-state index contributed by atoms with van der Waals surface area (Å²) in [5.74, 6) is 0. The van der Waals surface area contributed by atoms with Crippen molar-refractivity contribution in [3.8, 4) is 0 Å². The molecule has 0 aliphatic heterocycles. The standard InChI is InChI=1S/C2H5N.2CH3.Pb.W/c1-3-2;;;;/h1H2,2H3;2*1H3;;/q-2;2*-1;+1;. The van der Waals surface area contributed by atoms with Crippen molar-refractivity contribution < 1.29 is 21.1 Å². The maximum Gasteiger partial charge on any atom is 0 e. The van der Waals surface area contributed by atoms with Gasteiger partial charge in [0.1, 0.15) is 0 Å². The minimum absolute atomic E-state index is 0. The number of rotatable bonds is 0. The van der Waals surface area contributed by atoms with E-state index in [-0.39, 0.29) is 35.9 Å². The van der Waals surface area contributed by atoms with Gasteiger partial charge in [0.2, 0.25) is 0 Å². The van der Waals surface area contributed by atoms with E-state index in [1.165, 1.54) is 0 Å². The molecule has 0 aromatic rings. The van der Waals surface area contributed by atoms with E-state index in [9.17, 15) is 0 Å². The van der Waals surface area contributed by atoms with Crippen LogP contribution in [-0.2, 0) is 21.1 Å². The minimum atomic E-state index is 0. The average Bonchev–Trinajstić information content (AvgIpc) is 0.811. The average molecular weight is 464 g/mol. The minimum Gasteiger partial charge on any atom is -0.358 e. The van der Waals surface area contributed by atoms with Crippen molar-refractivity contribution >= 4 is 26.1 Å². The van der Waals surface area contributed by atoms with Crippen molar-refractivity contribution in [3.05, 3.63) is 21.9 Å². The van der Waals surface area contributed by atoms with E-state index in [1.54, 1.807) is 0 Å². The van der Waals surface area contributed by atoms with Gasteiger partial charge < -0.3 is 14.9 Å². The van der Waals surface area contributed by atoms with Gasteiger partial charge in [-0.1, -0.05) is 0 Å². The van der Waals surface area contributed by atoms with Crippen LogP contribution in [0, 0.1) is 21.9 Å². The van der Waals surface area contributed by atoms with Crippen LogP contribution in [0.15, 0.2) is 0 Å². The number of nitrogens with zero attached hydrogens (tertiary/aromatic N) is 1. The molecule has 0 spiro atoms. The van der Waals surface area contributed by atoms with E-state index in [0.717, 1.165) is 26.1 Å². The Morgan fingerprint density at radius 2 is 1.43 bits per heavy atom. The predicted molar refractivity (Wildman–Crippen MR) is 31.7 cm³/mol. The van der Waals surface area contributed by atoms with Crippen molar-refractivity contribution in [2.24, 2.45) is 0 Å². The molecule has 0 aliphatic rings. The van der Waals surface area contributed by atoms with Gasteiger partial charge in [0.15, 0.2) is 0 Å². The molecule has 0 saturated carbocycles. The molecule has 0 N–H and O–H groups in total. The summed E-state index contributed by atoms with van der Waals surface area (Å²) >= 11 is 1.07. The first-order valence-corrected chi connectivity index (χ1v) is 2.73. The second-order valence-electron chi connectivity index (χ2n) is 0.698. The largest absolute Gasteiger partial charge is 0.358 e. The molecule has 0 fully saturated rings. The van der Waals surface area contributed by atoms with Crippen LogP contribution in [0.3, 0.4) is 0 Å². The van der Waals surface area contributed by atoms with E-state index in [2.05, 4.69) is 7.05 Å². The van der Waals surface area contributed by atoms with Gasteiger partial charge in [0, 0.05) is 21.1 Å². The smallest absolute Gasteiger partial charge is 0 e. The zero-order valence-electron chi connectivity index (χ0n) is 5.06. The Hall–Kier alpha value is 1.57.